The molecule has 1 aliphatic heterocycles. The molecule has 0 unspecified atom stereocenters. The Morgan fingerprint density at radius 1 is 1.44 bits per heavy atom. The van der Waals surface area contributed by atoms with Crippen molar-refractivity contribution < 1.29 is 14.3 Å². The van der Waals surface area contributed by atoms with Crippen LogP contribution in [-0.4, -0.2) is 31.8 Å². The van der Waals surface area contributed by atoms with E-state index in [1.807, 2.05) is 18.2 Å². The monoisotopic (exact) mass is 249 g/mol. The highest BCUT2D eigenvalue weighted by Crippen LogP contribution is 2.22. The fourth-order valence-electron chi connectivity index (χ4n) is 2.05. The second-order valence-corrected chi connectivity index (χ2v) is 4.30. The van der Waals surface area contributed by atoms with Crippen molar-refractivity contribution in [3.63, 3.8) is 0 Å². The summed E-state index contributed by atoms with van der Waals surface area (Å²) in [6.07, 6.45) is 2.26. The summed E-state index contributed by atoms with van der Waals surface area (Å²) in [6.45, 7) is 4.04. The maximum absolute atomic E-state index is 11.8. The molecule has 2 rings (SSSR count). The zero-order chi connectivity index (χ0) is 12.8. The predicted octanol–water partition coefficient (Wildman–Crippen LogP) is 1.99. The molecule has 1 fully saturated rings. The Labute approximate surface area is 107 Å². The van der Waals surface area contributed by atoms with E-state index in [9.17, 15) is 4.79 Å². The van der Waals surface area contributed by atoms with Crippen molar-refractivity contribution in [1.29, 1.82) is 0 Å². The van der Waals surface area contributed by atoms with Gasteiger partial charge in [0.05, 0.1) is 6.61 Å². The highest BCUT2D eigenvalue weighted by Gasteiger charge is 2.18. The largest absolute Gasteiger partial charge is 0.488 e. The predicted molar refractivity (Wildman–Crippen MR) is 68.9 cm³/mol. The van der Waals surface area contributed by atoms with Crippen LogP contribution in [0.15, 0.2) is 24.3 Å². The van der Waals surface area contributed by atoms with Crippen LogP contribution in [0.3, 0.4) is 0 Å². The van der Waals surface area contributed by atoms with Crippen molar-refractivity contribution in [3.8, 4) is 5.75 Å². The number of nitrogens with one attached hydrogen (secondary N) is 1. The minimum Gasteiger partial charge on any atom is -0.488 e. The van der Waals surface area contributed by atoms with Crippen LogP contribution in [0.1, 0.15) is 30.1 Å². The molecule has 98 valence electrons. The van der Waals surface area contributed by atoms with Crippen LogP contribution in [0.4, 0.5) is 0 Å². The summed E-state index contributed by atoms with van der Waals surface area (Å²) in [6, 6.07) is 7.25. The molecule has 1 N–H and O–H groups in total. The molecule has 0 aromatic heterocycles. The van der Waals surface area contributed by atoms with Gasteiger partial charge in [0.1, 0.15) is 17.4 Å². The number of hydrogen-bond acceptors (Lipinski definition) is 4. The van der Waals surface area contributed by atoms with E-state index in [4.69, 9.17) is 9.47 Å². The highest BCUT2D eigenvalue weighted by molar-refractivity contribution is 5.92. The van der Waals surface area contributed by atoms with Gasteiger partial charge in [-0.3, -0.25) is 0 Å². The SMILES string of the molecule is CCOC(=O)c1ccccc1O[C@H]1CCCNC1. The van der Waals surface area contributed by atoms with Gasteiger partial charge in [0, 0.05) is 6.54 Å². The van der Waals surface area contributed by atoms with Gasteiger partial charge < -0.3 is 14.8 Å². The van der Waals surface area contributed by atoms with E-state index in [0.29, 0.717) is 17.9 Å². The Bertz CT molecular complexity index is 400. The summed E-state index contributed by atoms with van der Waals surface area (Å²) < 4.78 is 10.9. The quantitative estimate of drug-likeness (QED) is 0.829. The lowest BCUT2D eigenvalue weighted by Crippen LogP contribution is -2.37. The van der Waals surface area contributed by atoms with Gasteiger partial charge in [-0.05, 0) is 38.4 Å². The lowest BCUT2D eigenvalue weighted by molar-refractivity contribution is 0.0517. The lowest BCUT2D eigenvalue weighted by atomic mass is 10.1. The highest BCUT2D eigenvalue weighted by atomic mass is 16.5. The Morgan fingerprint density at radius 2 is 2.28 bits per heavy atom. The van der Waals surface area contributed by atoms with E-state index < -0.39 is 0 Å². The molecule has 1 aromatic rings. The van der Waals surface area contributed by atoms with Crippen LogP contribution >= 0.6 is 0 Å². The number of para-hydroxylation sites is 1. The van der Waals surface area contributed by atoms with Gasteiger partial charge in [-0.1, -0.05) is 12.1 Å². The van der Waals surface area contributed by atoms with Crippen LogP contribution < -0.4 is 10.1 Å². The summed E-state index contributed by atoms with van der Waals surface area (Å²) in [7, 11) is 0. The van der Waals surface area contributed by atoms with Gasteiger partial charge >= 0.3 is 5.97 Å². The zero-order valence-electron chi connectivity index (χ0n) is 10.6. The molecule has 0 aliphatic carbocycles. The molecule has 4 heteroatoms. The number of hydrogen-bond donors (Lipinski definition) is 1. The van der Waals surface area contributed by atoms with Crippen LogP contribution in [0.5, 0.6) is 5.75 Å². The average molecular weight is 249 g/mol. The van der Waals surface area contributed by atoms with Crippen molar-refractivity contribution in [2.24, 2.45) is 0 Å². The van der Waals surface area contributed by atoms with Gasteiger partial charge in [-0.2, -0.15) is 0 Å². The Kier molecular flexibility index (Phi) is 4.59. The fourth-order valence-corrected chi connectivity index (χ4v) is 2.05. The summed E-state index contributed by atoms with van der Waals surface area (Å²) in [5.41, 5.74) is 0.505. The lowest BCUT2D eigenvalue weighted by Gasteiger charge is -2.24. The van der Waals surface area contributed by atoms with Crippen LogP contribution in [0.2, 0.25) is 0 Å². The van der Waals surface area contributed by atoms with E-state index in [2.05, 4.69) is 5.32 Å². The summed E-state index contributed by atoms with van der Waals surface area (Å²) in [4.78, 5) is 11.8. The van der Waals surface area contributed by atoms with Crippen molar-refractivity contribution >= 4 is 5.97 Å². The summed E-state index contributed by atoms with van der Waals surface area (Å²) >= 11 is 0. The van der Waals surface area contributed by atoms with Gasteiger partial charge in [-0.25, -0.2) is 4.79 Å². The second-order valence-electron chi connectivity index (χ2n) is 4.30. The van der Waals surface area contributed by atoms with Gasteiger partial charge in [-0.15, -0.1) is 0 Å². The zero-order valence-corrected chi connectivity index (χ0v) is 10.6. The van der Waals surface area contributed by atoms with E-state index in [-0.39, 0.29) is 12.1 Å². The molecular weight excluding hydrogens is 230 g/mol. The minimum atomic E-state index is -0.322. The normalized spacial score (nSPS) is 19.3. The number of esters is 1. The molecule has 4 nitrogen and oxygen atoms in total. The third kappa shape index (κ3) is 3.23. The van der Waals surface area contributed by atoms with Crippen LogP contribution in [-0.2, 0) is 4.74 Å². The van der Waals surface area contributed by atoms with Crippen molar-refractivity contribution in [2.45, 2.75) is 25.9 Å². The number of carbonyl (C=O) groups excluding carboxylic acids is 1. The molecule has 1 aromatic carbocycles. The third-order valence-electron chi connectivity index (χ3n) is 2.93. The Morgan fingerprint density at radius 3 is 3.00 bits per heavy atom. The van der Waals surface area contributed by atoms with Gasteiger partial charge in [0.25, 0.3) is 0 Å². The number of ether oxygens (including phenoxy) is 2. The molecule has 18 heavy (non-hydrogen) atoms. The van der Waals surface area contributed by atoms with Crippen LogP contribution in [0.25, 0.3) is 0 Å². The Hall–Kier alpha value is -1.55. The molecule has 1 heterocycles. The van der Waals surface area contributed by atoms with E-state index in [1.54, 1.807) is 13.0 Å². The number of rotatable bonds is 4. The van der Waals surface area contributed by atoms with E-state index >= 15 is 0 Å². The Balaban J connectivity index is 2.08. The molecule has 1 saturated heterocycles. The van der Waals surface area contributed by atoms with Crippen molar-refractivity contribution in [2.75, 3.05) is 19.7 Å². The molecule has 0 bridgehead atoms. The fraction of sp³-hybridized carbons (Fsp3) is 0.500. The molecule has 0 saturated carbocycles. The maximum atomic E-state index is 11.8. The molecule has 1 atom stereocenters. The summed E-state index contributed by atoms with van der Waals surface area (Å²) in [5, 5.41) is 3.29. The molecule has 0 amide bonds. The van der Waals surface area contributed by atoms with Gasteiger partial charge in [0.15, 0.2) is 0 Å². The van der Waals surface area contributed by atoms with Crippen molar-refractivity contribution in [1.82, 2.24) is 5.32 Å². The third-order valence-corrected chi connectivity index (χ3v) is 2.93. The smallest absolute Gasteiger partial charge is 0.341 e. The first-order valence-corrected chi connectivity index (χ1v) is 6.44. The number of carbonyl (C=O) groups is 1. The first-order chi connectivity index (χ1) is 8.81. The second kappa shape index (κ2) is 6.40. The molecule has 0 radical (unpaired) electrons. The standard InChI is InChI=1S/C14H19NO3/c1-2-17-14(16)12-7-3-4-8-13(12)18-11-6-5-9-15-10-11/h3-4,7-8,11,15H,2,5-6,9-10H2,1H3/t11-/m0/s1. The number of piperidine rings is 1. The van der Waals surface area contributed by atoms with Gasteiger partial charge in [0.2, 0.25) is 0 Å². The van der Waals surface area contributed by atoms with Crippen molar-refractivity contribution in [3.05, 3.63) is 29.8 Å². The van der Waals surface area contributed by atoms with E-state index in [0.717, 1.165) is 25.9 Å². The minimum absolute atomic E-state index is 0.134. The average Bonchev–Trinajstić information content (AvgIpc) is 2.41. The molecular formula is C14H19NO3. The first-order valence-electron chi connectivity index (χ1n) is 6.44. The molecule has 1 aliphatic rings. The number of benzene rings is 1. The topological polar surface area (TPSA) is 47.6 Å². The van der Waals surface area contributed by atoms with E-state index in [1.165, 1.54) is 0 Å². The summed E-state index contributed by atoms with van der Waals surface area (Å²) in [5.74, 6) is 0.293. The molecule has 0 spiro atoms. The first kappa shape index (κ1) is 12.9. The van der Waals surface area contributed by atoms with Crippen LogP contribution in [0, 0.1) is 0 Å². The maximum Gasteiger partial charge on any atom is 0.341 e.